The lowest BCUT2D eigenvalue weighted by molar-refractivity contribution is 0.415. The lowest BCUT2D eigenvalue weighted by atomic mass is 10.1. The molecule has 0 saturated carbocycles. The van der Waals surface area contributed by atoms with Crippen LogP contribution < -0.4 is 10.5 Å². The van der Waals surface area contributed by atoms with Crippen LogP contribution in [-0.2, 0) is 0 Å². The first-order valence-electron chi connectivity index (χ1n) is 5.34. The first kappa shape index (κ1) is 12.6. The van der Waals surface area contributed by atoms with E-state index in [2.05, 4.69) is 15.2 Å². The van der Waals surface area contributed by atoms with E-state index < -0.39 is 0 Å². The minimum absolute atomic E-state index is 0.340. The van der Waals surface area contributed by atoms with Crippen LogP contribution in [-0.4, -0.2) is 22.3 Å². The summed E-state index contributed by atoms with van der Waals surface area (Å²) in [6, 6.07) is 3.59. The molecule has 2 aromatic rings. The first-order valence-corrected chi connectivity index (χ1v) is 5.72. The van der Waals surface area contributed by atoms with Crippen molar-refractivity contribution >= 4 is 17.4 Å². The highest BCUT2D eigenvalue weighted by Gasteiger charge is 2.13. The van der Waals surface area contributed by atoms with Gasteiger partial charge >= 0.3 is 0 Å². The van der Waals surface area contributed by atoms with Gasteiger partial charge in [0.1, 0.15) is 17.3 Å². The van der Waals surface area contributed by atoms with Gasteiger partial charge in [0, 0.05) is 5.56 Å². The zero-order valence-electron chi connectivity index (χ0n) is 10.4. The number of hydrogen-bond donors (Lipinski definition) is 1. The van der Waals surface area contributed by atoms with Crippen LogP contribution in [0.5, 0.6) is 5.75 Å². The Hall–Kier alpha value is -1.88. The molecule has 0 saturated heterocycles. The smallest absolute Gasteiger partial charge is 0.154 e. The summed E-state index contributed by atoms with van der Waals surface area (Å²) in [4.78, 5) is 4.09. The second-order valence-corrected chi connectivity index (χ2v) is 4.30. The number of methoxy groups -OCH3 is 1. The highest BCUT2D eigenvalue weighted by Crippen LogP contribution is 2.33. The van der Waals surface area contributed by atoms with Gasteiger partial charge in [-0.25, -0.2) is 4.98 Å². The van der Waals surface area contributed by atoms with Crippen molar-refractivity contribution in [3.05, 3.63) is 28.5 Å². The molecule has 0 unspecified atom stereocenters. The number of benzene rings is 1. The van der Waals surface area contributed by atoms with Crippen molar-refractivity contribution in [2.75, 3.05) is 12.8 Å². The summed E-state index contributed by atoms with van der Waals surface area (Å²) in [6.07, 6.45) is 0. The summed E-state index contributed by atoms with van der Waals surface area (Å²) >= 11 is 6.10. The Morgan fingerprint density at radius 3 is 2.56 bits per heavy atom. The SMILES string of the molecule is COc1cc(C)c(-c2nnc(C)nc2N)cc1Cl. The van der Waals surface area contributed by atoms with Gasteiger partial charge < -0.3 is 10.5 Å². The van der Waals surface area contributed by atoms with Gasteiger partial charge in [-0.2, -0.15) is 0 Å². The zero-order valence-corrected chi connectivity index (χ0v) is 11.1. The molecule has 18 heavy (non-hydrogen) atoms. The molecule has 1 aromatic heterocycles. The molecule has 0 atom stereocenters. The van der Waals surface area contributed by atoms with Gasteiger partial charge in [-0.15, -0.1) is 10.2 Å². The van der Waals surface area contributed by atoms with E-state index in [1.807, 2.05) is 13.0 Å². The molecule has 0 aliphatic rings. The summed E-state index contributed by atoms with van der Waals surface area (Å²) in [5.41, 5.74) is 8.14. The number of aryl methyl sites for hydroxylation is 2. The van der Waals surface area contributed by atoms with E-state index >= 15 is 0 Å². The number of nitrogens with two attached hydrogens (primary N) is 1. The second-order valence-electron chi connectivity index (χ2n) is 3.89. The average molecular weight is 265 g/mol. The fraction of sp³-hybridized carbons (Fsp3) is 0.250. The minimum atomic E-state index is 0.340. The Kier molecular flexibility index (Phi) is 3.34. The molecule has 94 valence electrons. The molecular formula is C12H13ClN4O. The maximum atomic E-state index is 6.10. The van der Waals surface area contributed by atoms with Gasteiger partial charge in [0.15, 0.2) is 5.82 Å². The molecule has 2 rings (SSSR count). The normalized spacial score (nSPS) is 10.4. The van der Waals surface area contributed by atoms with Crippen molar-refractivity contribution in [3.63, 3.8) is 0 Å². The summed E-state index contributed by atoms with van der Waals surface area (Å²) in [6.45, 7) is 3.66. The number of nitrogens with zero attached hydrogens (tertiary/aromatic N) is 3. The lowest BCUT2D eigenvalue weighted by Crippen LogP contribution is -2.03. The largest absolute Gasteiger partial charge is 0.495 e. The Balaban J connectivity index is 2.60. The Labute approximate surface area is 110 Å². The number of nitrogen functional groups attached to an aromatic ring is 1. The van der Waals surface area contributed by atoms with Crippen molar-refractivity contribution in [2.45, 2.75) is 13.8 Å². The monoisotopic (exact) mass is 264 g/mol. The Morgan fingerprint density at radius 2 is 1.94 bits per heavy atom. The van der Waals surface area contributed by atoms with E-state index in [0.29, 0.717) is 28.1 Å². The molecular weight excluding hydrogens is 252 g/mol. The standard InChI is InChI=1S/C12H13ClN4O/c1-6-4-10(18-3)9(13)5-8(6)11-12(14)15-7(2)16-17-11/h4-5H,1-3H3,(H2,14,15,16). The predicted molar refractivity (Wildman–Crippen MR) is 70.7 cm³/mol. The van der Waals surface area contributed by atoms with Crippen LogP contribution in [0.2, 0.25) is 5.02 Å². The molecule has 0 radical (unpaired) electrons. The molecule has 1 aromatic carbocycles. The van der Waals surface area contributed by atoms with Gasteiger partial charge in [-0.1, -0.05) is 11.6 Å². The van der Waals surface area contributed by atoms with E-state index in [1.54, 1.807) is 20.1 Å². The van der Waals surface area contributed by atoms with Crippen LogP contribution in [0.4, 0.5) is 5.82 Å². The van der Waals surface area contributed by atoms with E-state index in [0.717, 1.165) is 11.1 Å². The number of anilines is 1. The first-order chi connectivity index (χ1) is 8.52. The molecule has 0 aliphatic carbocycles. The third-order valence-corrected chi connectivity index (χ3v) is 2.87. The molecule has 0 amide bonds. The van der Waals surface area contributed by atoms with Crippen molar-refractivity contribution < 1.29 is 4.74 Å². The summed E-state index contributed by atoms with van der Waals surface area (Å²) < 4.78 is 5.15. The van der Waals surface area contributed by atoms with Crippen LogP contribution >= 0.6 is 11.6 Å². The fourth-order valence-corrected chi connectivity index (χ4v) is 1.92. The van der Waals surface area contributed by atoms with Crippen molar-refractivity contribution in [1.82, 2.24) is 15.2 Å². The number of rotatable bonds is 2. The van der Waals surface area contributed by atoms with Crippen LogP contribution in [0.25, 0.3) is 11.3 Å². The molecule has 1 heterocycles. The van der Waals surface area contributed by atoms with Gasteiger partial charge in [0.05, 0.1) is 12.1 Å². The maximum absolute atomic E-state index is 6.10. The highest BCUT2D eigenvalue weighted by molar-refractivity contribution is 6.32. The van der Waals surface area contributed by atoms with Gasteiger partial charge in [-0.05, 0) is 31.5 Å². The summed E-state index contributed by atoms with van der Waals surface area (Å²) in [7, 11) is 1.57. The second kappa shape index (κ2) is 4.78. The topological polar surface area (TPSA) is 73.9 Å². The number of ether oxygens (including phenoxy) is 1. The Morgan fingerprint density at radius 1 is 1.22 bits per heavy atom. The number of hydrogen-bond acceptors (Lipinski definition) is 5. The summed E-state index contributed by atoms with van der Waals surface area (Å²) in [5.74, 6) is 1.49. The molecule has 0 fully saturated rings. The van der Waals surface area contributed by atoms with Gasteiger partial charge in [0.2, 0.25) is 0 Å². The molecule has 0 spiro atoms. The van der Waals surface area contributed by atoms with Crippen LogP contribution in [0, 0.1) is 13.8 Å². The molecule has 0 bridgehead atoms. The fourth-order valence-electron chi connectivity index (χ4n) is 1.68. The van der Waals surface area contributed by atoms with Crippen molar-refractivity contribution in [3.8, 4) is 17.0 Å². The molecule has 2 N–H and O–H groups in total. The van der Waals surface area contributed by atoms with Crippen molar-refractivity contribution in [1.29, 1.82) is 0 Å². The molecule has 6 heteroatoms. The van der Waals surface area contributed by atoms with E-state index in [4.69, 9.17) is 22.1 Å². The number of halogens is 1. The Bertz CT molecular complexity index is 601. The molecule has 5 nitrogen and oxygen atoms in total. The van der Waals surface area contributed by atoms with Crippen LogP contribution in [0.1, 0.15) is 11.4 Å². The van der Waals surface area contributed by atoms with Crippen LogP contribution in [0.3, 0.4) is 0 Å². The zero-order chi connectivity index (χ0) is 13.3. The van der Waals surface area contributed by atoms with Gasteiger partial charge in [0.25, 0.3) is 0 Å². The van der Waals surface area contributed by atoms with Crippen molar-refractivity contribution in [2.24, 2.45) is 0 Å². The van der Waals surface area contributed by atoms with E-state index in [9.17, 15) is 0 Å². The quantitative estimate of drug-likeness (QED) is 0.902. The third kappa shape index (κ3) is 2.22. The van der Waals surface area contributed by atoms with E-state index in [-0.39, 0.29) is 0 Å². The molecule has 0 aliphatic heterocycles. The van der Waals surface area contributed by atoms with Gasteiger partial charge in [-0.3, -0.25) is 0 Å². The van der Waals surface area contributed by atoms with Crippen LogP contribution in [0.15, 0.2) is 12.1 Å². The van der Waals surface area contributed by atoms with E-state index in [1.165, 1.54) is 0 Å². The average Bonchev–Trinajstić information content (AvgIpc) is 2.32. The minimum Gasteiger partial charge on any atom is -0.495 e. The highest BCUT2D eigenvalue weighted by atomic mass is 35.5. The lowest BCUT2D eigenvalue weighted by Gasteiger charge is -2.10. The summed E-state index contributed by atoms with van der Waals surface area (Å²) in [5, 5.41) is 8.48. The predicted octanol–water partition coefficient (Wildman–Crippen LogP) is 2.40. The number of aromatic nitrogens is 3. The third-order valence-electron chi connectivity index (χ3n) is 2.57. The maximum Gasteiger partial charge on any atom is 0.154 e.